The molecule has 0 aliphatic heterocycles. The number of aromatic nitrogens is 1. The van der Waals surface area contributed by atoms with E-state index in [2.05, 4.69) is 15.6 Å². The van der Waals surface area contributed by atoms with E-state index in [9.17, 15) is 4.79 Å². The van der Waals surface area contributed by atoms with Crippen LogP contribution in [0.5, 0.6) is 11.5 Å². The molecule has 0 saturated carbocycles. The molecule has 0 fully saturated rings. The number of carbonyl (C=O) groups is 1. The van der Waals surface area contributed by atoms with Gasteiger partial charge in [0.1, 0.15) is 11.5 Å². The fraction of sp³-hybridized carbons (Fsp3) is 0.158. The van der Waals surface area contributed by atoms with Gasteiger partial charge in [-0.05, 0) is 24.3 Å². The molecule has 1 aromatic heterocycles. The van der Waals surface area contributed by atoms with Crippen LogP contribution in [-0.2, 0) is 4.79 Å². The average Bonchev–Trinajstić information content (AvgIpc) is 2.66. The largest absolute Gasteiger partial charge is 0.497 e. The predicted octanol–water partition coefficient (Wildman–Crippen LogP) is 3.30. The molecule has 0 radical (unpaired) electrons. The minimum absolute atomic E-state index is 0.107. The summed E-state index contributed by atoms with van der Waals surface area (Å²) in [7, 11) is 3.12. The van der Waals surface area contributed by atoms with Gasteiger partial charge >= 0.3 is 0 Å². The van der Waals surface area contributed by atoms with Crippen molar-refractivity contribution in [3.05, 3.63) is 54.7 Å². The fourth-order valence-corrected chi connectivity index (χ4v) is 2.53. The van der Waals surface area contributed by atoms with Crippen molar-refractivity contribution in [3.63, 3.8) is 0 Å². The van der Waals surface area contributed by atoms with Crippen molar-refractivity contribution in [1.29, 1.82) is 0 Å². The highest BCUT2D eigenvalue weighted by molar-refractivity contribution is 5.97. The summed E-state index contributed by atoms with van der Waals surface area (Å²) in [5, 5.41) is 6.97. The van der Waals surface area contributed by atoms with Crippen LogP contribution in [0.2, 0.25) is 0 Å². The topological polar surface area (TPSA) is 72.5 Å². The Hall–Kier alpha value is -3.28. The molecule has 0 bridgehead atoms. The quantitative estimate of drug-likeness (QED) is 0.722. The molecule has 0 aliphatic rings. The molecule has 128 valence electrons. The van der Waals surface area contributed by atoms with Gasteiger partial charge in [-0.2, -0.15) is 0 Å². The summed E-state index contributed by atoms with van der Waals surface area (Å²) in [6.07, 6.45) is 1.73. The zero-order valence-corrected chi connectivity index (χ0v) is 14.1. The van der Waals surface area contributed by atoms with Crippen LogP contribution in [0.3, 0.4) is 0 Å². The van der Waals surface area contributed by atoms with E-state index in [0.29, 0.717) is 17.2 Å². The van der Waals surface area contributed by atoms with Crippen LogP contribution in [0.15, 0.2) is 54.7 Å². The van der Waals surface area contributed by atoms with Crippen LogP contribution < -0.4 is 20.1 Å². The van der Waals surface area contributed by atoms with Crippen molar-refractivity contribution in [2.75, 3.05) is 31.4 Å². The summed E-state index contributed by atoms with van der Waals surface area (Å²) in [6, 6.07) is 14.9. The van der Waals surface area contributed by atoms with Gasteiger partial charge in [-0.15, -0.1) is 0 Å². The molecule has 6 nitrogen and oxygen atoms in total. The van der Waals surface area contributed by atoms with Crippen LogP contribution >= 0.6 is 0 Å². The van der Waals surface area contributed by atoms with Crippen molar-refractivity contribution in [1.82, 2.24) is 4.98 Å². The second kappa shape index (κ2) is 7.53. The van der Waals surface area contributed by atoms with E-state index in [0.717, 1.165) is 16.6 Å². The highest BCUT2D eigenvalue weighted by Gasteiger charge is 2.10. The number of hydrogen-bond donors (Lipinski definition) is 2. The normalized spacial score (nSPS) is 10.3. The van der Waals surface area contributed by atoms with Gasteiger partial charge in [0, 0.05) is 17.6 Å². The molecule has 6 heteroatoms. The number of ether oxygens (including phenoxy) is 2. The van der Waals surface area contributed by atoms with Gasteiger partial charge in [-0.25, -0.2) is 0 Å². The Morgan fingerprint density at radius 3 is 2.68 bits per heavy atom. The summed E-state index contributed by atoms with van der Waals surface area (Å²) in [6.45, 7) is 0.107. The third-order valence-electron chi connectivity index (χ3n) is 3.75. The number of nitrogens with one attached hydrogen (secondary N) is 2. The number of pyridine rings is 1. The number of hydrogen-bond acceptors (Lipinski definition) is 5. The van der Waals surface area contributed by atoms with Gasteiger partial charge < -0.3 is 20.1 Å². The van der Waals surface area contributed by atoms with E-state index in [1.165, 1.54) is 0 Å². The molecule has 0 aliphatic carbocycles. The Morgan fingerprint density at radius 2 is 1.88 bits per heavy atom. The van der Waals surface area contributed by atoms with E-state index in [4.69, 9.17) is 9.47 Å². The Morgan fingerprint density at radius 1 is 1.04 bits per heavy atom. The minimum atomic E-state index is -0.195. The first-order chi connectivity index (χ1) is 12.2. The third kappa shape index (κ3) is 3.80. The van der Waals surface area contributed by atoms with E-state index in [-0.39, 0.29) is 12.5 Å². The zero-order chi connectivity index (χ0) is 17.6. The highest BCUT2D eigenvalue weighted by Crippen LogP contribution is 2.28. The molecular weight excluding hydrogens is 318 g/mol. The molecular formula is C19H19N3O3. The number of carbonyl (C=O) groups excluding carboxylic acids is 1. The van der Waals surface area contributed by atoms with Gasteiger partial charge in [0.25, 0.3) is 0 Å². The number of amides is 1. The van der Waals surface area contributed by atoms with Crippen molar-refractivity contribution in [3.8, 4) is 11.5 Å². The molecule has 3 aromatic rings. The number of methoxy groups -OCH3 is 2. The number of nitrogens with zero attached hydrogens (tertiary/aromatic N) is 1. The lowest BCUT2D eigenvalue weighted by Gasteiger charge is -2.13. The first kappa shape index (κ1) is 16.6. The lowest BCUT2D eigenvalue weighted by Crippen LogP contribution is -2.22. The lowest BCUT2D eigenvalue weighted by molar-refractivity contribution is -0.114. The smallest absolute Gasteiger partial charge is 0.243 e. The van der Waals surface area contributed by atoms with Crippen LogP contribution in [0.1, 0.15) is 0 Å². The number of anilines is 2. The fourth-order valence-electron chi connectivity index (χ4n) is 2.53. The molecule has 1 amide bonds. The van der Waals surface area contributed by atoms with Crippen molar-refractivity contribution < 1.29 is 14.3 Å². The highest BCUT2D eigenvalue weighted by atomic mass is 16.5. The standard InChI is InChI=1S/C19H19N3O3/c1-24-14-8-9-17(25-2)16(11-14)22-18(23)12-21-15-7-3-5-13-6-4-10-20-19(13)15/h3-11,21H,12H2,1-2H3,(H,22,23). The molecule has 0 spiro atoms. The summed E-state index contributed by atoms with van der Waals surface area (Å²) in [4.78, 5) is 16.7. The Kier molecular flexibility index (Phi) is 4.99. The molecule has 3 rings (SSSR count). The van der Waals surface area contributed by atoms with Gasteiger partial charge in [0.15, 0.2) is 0 Å². The van der Waals surface area contributed by atoms with Crippen LogP contribution in [0.4, 0.5) is 11.4 Å². The second-order valence-corrected chi connectivity index (χ2v) is 5.35. The SMILES string of the molecule is COc1ccc(OC)c(NC(=O)CNc2cccc3cccnc23)c1. The first-order valence-corrected chi connectivity index (χ1v) is 7.81. The second-order valence-electron chi connectivity index (χ2n) is 5.35. The van der Waals surface area contributed by atoms with Gasteiger partial charge in [0.2, 0.25) is 5.91 Å². The van der Waals surface area contributed by atoms with E-state index < -0.39 is 0 Å². The molecule has 0 unspecified atom stereocenters. The monoisotopic (exact) mass is 337 g/mol. The Bertz CT molecular complexity index is 891. The van der Waals surface area contributed by atoms with E-state index in [1.54, 1.807) is 38.6 Å². The third-order valence-corrected chi connectivity index (χ3v) is 3.75. The summed E-state index contributed by atoms with van der Waals surface area (Å²) in [5.41, 5.74) is 2.20. The van der Waals surface area contributed by atoms with Gasteiger partial charge in [-0.3, -0.25) is 9.78 Å². The number of rotatable bonds is 6. The zero-order valence-electron chi connectivity index (χ0n) is 14.1. The maximum atomic E-state index is 12.3. The Labute approximate surface area is 145 Å². The van der Waals surface area contributed by atoms with E-state index >= 15 is 0 Å². The van der Waals surface area contributed by atoms with Crippen molar-refractivity contribution >= 4 is 28.2 Å². The number of benzene rings is 2. The molecule has 2 N–H and O–H groups in total. The summed E-state index contributed by atoms with van der Waals surface area (Å²) in [5.74, 6) is 1.02. The molecule has 0 atom stereocenters. The van der Waals surface area contributed by atoms with E-state index in [1.807, 2.05) is 30.3 Å². The Balaban J connectivity index is 1.71. The molecule has 1 heterocycles. The average molecular weight is 337 g/mol. The maximum Gasteiger partial charge on any atom is 0.243 e. The van der Waals surface area contributed by atoms with Crippen molar-refractivity contribution in [2.45, 2.75) is 0 Å². The number of para-hydroxylation sites is 1. The predicted molar refractivity (Wildman–Crippen MR) is 98.4 cm³/mol. The van der Waals surface area contributed by atoms with Crippen LogP contribution in [-0.4, -0.2) is 31.7 Å². The summed E-state index contributed by atoms with van der Waals surface area (Å²) < 4.78 is 10.4. The molecule has 2 aromatic carbocycles. The van der Waals surface area contributed by atoms with Gasteiger partial charge in [0.05, 0.1) is 37.7 Å². The maximum absolute atomic E-state index is 12.3. The lowest BCUT2D eigenvalue weighted by atomic mass is 10.2. The summed E-state index contributed by atoms with van der Waals surface area (Å²) >= 11 is 0. The number of fused-ring (bicyclic) bond motifs is 1. The van der Waals surface area contributed by atoms with Crippen LogP contribution in [0.25, 0.3) is 10.9 Å². The first-order valence-electron chi connectivity index (χ1n) is 7.81. The van der Waals surface area contributed by atoms with Gasteiger partial charge in [-0.1, -0.05) is 18.2 Å². The molecule has 0 saturated heterocycles. The molecule has 25 heavy (non-hydrogen) atoms. The van der Waals surface area contributed by atoms with Crippen LogP contribution in [0, 0.1) is 0 Å². The van der Waals surface area contributed by atoms with Crippen molar-refractivity contribution in [2.24, 2.45) is 0 Å². The minimum Gasteiger partial charge on any atom is -0.497 e.